The summed E-state index contributed by atoms with van der Waals surface area (Å²) in [6, 6.07) is 8.39. The number of aromatic nitrogens is 3. The summed E-state index contributed by atoms with van der Waals surface area (Å²) in [5.41, 5.74) is 3.25. The molecular formula is C14H13BrClN3. The number of benzene rings is 1. The van der Waals surface area contributed by atoms with Crippen molar-refractivity contribution in [3.05, 3.63) is 51.3 Å². The quantitative estimate of drug-likeness (QED) is 0.688. The van der Waals surface area contributed by atoms with Gasteiger partial charge in [-0.2, -0.15) is 5.10 Å². The van der Waals surface area contributed by atoms with Crippen LogP contribution < -0.4 is 0 Å². The lowest BCUT2D eigenvalue weighted by molar-refractivity contribution is 0.757. The van der Waals surface area contributed by atoms with Gasteiger partial charge in [0, 0.05) is 34.2 Å². The summed E-state index contributed by atoms with van der Waals surface area (Å²) >= 11 is 9.78. The van der Waals surface area contributed by atoms with Crippen LogP contribution in [0.2, 0.25) is 5.15 Å². The molecule has 0 spiro atoms. The lowest BCUT2D eigenvalue weighted by Crippen LogP contribution is -1.99. The Hall–Kier alpha value is -1.26. The number of aryl methyl sites for hydroxylation is 2. The molecule has 98 valence electrons. The van der Waals surface area contributed by atoms with Crippen molar-refractivity contribution >= 4 is 38.4 Å². The molecule has 0 unspecified atom stereocenters. The monoisotopic (exact) mass is 337 g/mol. The summed E-state index contributed by atoms with van der Waals surface area (Å²) in [7, 11) is 1.86. The lowest BCUT2D eigenvalue weighted by atomic mass is 10.2. The molecule has 0 aliphatic heterocycles. The van der Waals surface area contributed by atoms with Crippen molar-refractivity contribution < 1.29 is 0 Å². The van der Waals surface area contributed by atoms with Gasteiger partial charge in [-0.05, 0) is 31.2 Å². The Morgan fingerprint density at radius 3 is 2.79 bits per heavy atom. The fourth-order valence-corrected chi connectivity index (χ4v) is 2.95. The predicted octanol–water partition coefficient (Wildman–Crippen LogP) is 4.15. The van der Waals surface area contributed by atoms with E-state index in [2.05, 4.69) is 56.1 Å². The topological polar surface area (TPSA) is 22.8 Å². The number of rotatable bonds is 2. The molecule has 19 heavy (non-hydrogen) atoms. The van der Waals surface area contributed by atoms with Gasteiger partial charge < -0.3 is 4.57 Å². The maximum atomic E-state index is 6.29. The van der Waals surface area contributed by atoms with Gasteiger partial charge in [-0.25, -0.2) is 0 Å². The van der Waals surface area contributed by atoms with Crippen LogP contribution in [-0.2, 0) is 13.6 Å². The smallest absolute Gasteiger partial charge is 0.131 e. The SMILES string of the molecule is Cc1nn(C)c(Cl)c1Cn1ccc2cc(Br)ccc21. The molecule has 3 aromatic rings. The third-order valence-corrected chi connectivity index (χ3v) is 4.30. The number of hydrogen-bond donors (Lipinski definition) is 0. The molecule has 0 N–H and O–H groups in total. The van der Waals surface area contributed by atoms with E-state index in [9.17, 15) is 0 Å². The molecule has 0 atom stereocenters. The second kappa shape index (κ2) is 4.69. The van der Waals surface area contributed by atoms with E-state index in [0.29, 0.717) is 5.15 Å². The summed E-state index contributed by atoms with van der Waals surface area (Å²) in [6.45, 7) is 2.73. The zero-order valence-corrected chi connectivity index (χ0v) is 13.0. The predicted molar refractivity (Wildman–Crippen MR) is 81.7 cm³/mol. The van der Waals surface area contributed by atoms with Gasteiger partial charge in [-0.3, -0.25) is 4.68 Å². The van der Waals surface area contributed by atoms with Crippen molar-refractivity contribution in [1.29, 1.82) is 0 Å². The minimum absolute atomic E-state index is 0.705. The van der Waals surface area contributed by atoms with Crippen molar-refractivity contribution in [2.45, 2.75) is 13.5 Å². The average Bonchev–Trinajstić information content (AvgIpc) is 2.86. The van der Waals surface area contributed by atoms with E-state index in [1.165, 1.54) is 10.9 Å². The average molecular weight is 339 g/mol. The molecule has 2 aromatic heterocycles. The Bertz CT molecular complexity index is 757. The fraction of sp³-hybridized carbons (Fsp3) is 0.214. The van der Waals surface area contributed by atoms with Crippen LogP contribution in [-0.4, -0.2) is 14.3 Å². The molecule has 5 heteroatoms. The van der Waals surface area contributed by atoms with Crippen molar-refractivity contribution in [2.75, 3.05) is 0 Å². The summed E-state index contributed by atoms with van der Waals surface area (Å²) in [5, 5.41) is 6.27. The fourth-order valence-electron chi connectivity index (χ4n) is 2.33. The van der Waals surface area contributed by atoms with Gasteiger partial charge in [0.15, 0.2) is 0 Å². The highest BCUT2D eigenvalue weighted by Crippen LogP contribution is 2.24. The molecule has 3 nitrogen and oxygen atoms in total. The minimum Gasteiger partial charge on any atom is -0.343 e. The van der Waals surface area contributed by atoms with Crippen LogP contribution in [0.1, 0.15) is 11.3 Å². The molecule has 0 aliphatic rings. The number of fused-ring (bicyclic) bond motifs is 1. The first kappa shape index (κ1) is 12.8. The Kier molecular flexibility index (Phi) is 3.15. The molecule has 0 saturated heterocycles. The third-order valence-electron chi connectivity index (χ3n) is 3.33. The highest BCUT2D eigenvalue weighted by Gasteiger charge is 2.12. The first-order chi connectivity index (χ1) is 9.06. The van der Waals surface area contributed by atoms with E-state index in [1.54, 1.807) is 4.68 Å². The van der Waals surface area contributed by atoms with Gasteiger partial charge in [-0.1, -0.05) is 27.5 Å². The maximum Gasteiger partial charge on any atom is 0.131 e. The highest BCUT2D eigenvalue weighted by atomic mass is 79.9. The van der Waals surface area contributed by atoms with Crippen LogP contribution in [0.25, 0.3) is 10.9 Å². The van der Waals surface area contributed by atoms with Gasteiger partial charge in [0.25, 0.3) is 0 Å². The third kappa shape index (κ3) is 2.19. The van der Waals surface area contributed by atoms with E-state index in [4.69, 9.17) is 11.6 Å². The Balaban J connectivity index is 2.06. The molecule has 1 aromatic carbocycles. The van der Waals surface area contributed by atoms with Gasteiger partial charge in [-0.15, -0.1) is 0 Å². The molecular weight excluding hydrogens is 326 g/mol. The van der Waals surface area contributed by atoms with E-state index < -0.39 is 0 Å². The number of nitrogens with zero attached hydrogens (tertiary/aromatic N) is 3. The highest BCUT2D eigenvalue weighted by molar-refractivity contribution is 9.10. The molecule has 3 rings (SSSR count). The standard InChI is InChI=1S/C14H13BrClN3/c1-9-12(14(16)18(2)17-9)8-19-6-5-10-7-11(15)3-4-13(10)19/h3-7H,8H2,1-2H3. The summed E-state index contributed by atoms with van der Waals surface area (Å²) in [5.74, 6) is 0. The largest absolute Gasteiger partial charge is 0.343 e. The molecule has 0 saturated carbocycles. The van der Waals surface area contributed by atoms with Crippen LogP contribution in [0.5, 0.6) is 0 Å². The Morgan fingerprint density at radius 1 is 1.32 bits per heavy atom. The molecule has 0 fully saturated rings. The molecule has 0 bridgehead atoms. The van der Waals surface area contributed by atoms with E-state index >= 15 is 0 Å². The van der Waals surface area contributed by atoms with Crippen molar-refractivity contribution in [3.63, 3.8) is 0 Å². The van der Waals surface area contributed by atoms with E-state index in [0.717, 1.165) is 22.3 Å². The van der Waals surface area contributed by atoms with Crippen LogP contribution in [0.3, 0.4) is 0 Å². The zero-order valence-electron chi connectivity index (χ0n) is 10.7. The number of hydrogen-bond acceptors (Lipinski definition) is 1. The van der Waals surface area contributed by atoms with Gasteiger partial charge in [0.1, 0.15) is 5.15 Å². The summed E-state index contributed by atoms with van der Waals surface area (Å²) in [6.07, 6.45) is 2.08. The second-order valence-electron chi connectivity index (χ2n) is 4.63. The molecule has 0 amide bonds. The van der Waals surface area contributed by atoms with Gasteiger partial charge in [0.2, 0.25) is 0 Å². The molecule has 2 heterocycles. The zero-order chi connectivity index (χ0) is 13.6. The summed E-state index contributed by atoms with van der Waals surface area (Å²) < 4.78 is 5.00. The molecule has 0 aliphatic carbocycles. The normalized spacial score (nSPS) is 11.4. The first-order valence-corrected chi connectivity index (χ1v) is 7.15. The maximum absolute atomic E-state index is 6.29. The first-order valence-electron chi connectivity index (χ1n) is 5.98. The van der Waals surface area contributed by atoms with Crippen molar-refractivity contribution in [2.24, 2.45) is 7.05 Å². The second-order valence-corrected chi connectivity index (χ2v) is 5.90. The van der Waals surface area contributed by atoms with E-state index in [-0.39, 0.29) is 0 Å². The minimum atomic E-state index is 0.705. The van der Waals surface area contributed by atoms with Crippen molar-refractivity contribution in [1.82, 2.24) is 14.3 Å². The Labute approximate surface area is 124 Å². The lowest BCUT2D eigenvalue weighted by Gasteiger charge is -2.05. The van der Waals surface area contributed by atoms with Crippen LogP contribution in [0.15, 0.2) is 34.9 Å². The van der Waals surface area contributed by atoms with Crippen LogP contribution in [0.4, 0.5) is 0 Å². The van der Waals surface area contributed by atoms with Gasteiger partial charge >= 0.3 is 0 Å². The summed E-state index contributed by atoms with van der Waals surface area (Å²) in [4.78, 5) is 0. The van der Waals surface area contributed by atoms with Gasteiger partial charge in [0.05, 0.1) is 12.2 Å². The van der Waals surface area contributed by atoms with Crippen molar-refractivity contribution in [3.8, 4) is 0 Å². The molecule has 0 radical (unpaired) electrons. The number of halogens is 2. The van der Waals surface area contributed by atoms with Crippen LogP contribution in [0, 0.1) is 6.92 Å². The van der Waals surface area contributed by atoms with E-state index in [1.807, 2.05) is 14.0 Å². The van der Waals surface area contributed by atoms with Crippen LogP contribution >= 0.6 is 27.5 Å². The Morgan fingerprint density at radius 2 is 2.11 bits per heavy atom.